The zero-order valence-corrected chi connectivity index (χ0v) is 13.8. The number of nitrogens with one attached hydrogen (secondary N) is 2. The molecule has 0 aliphatic heterocycles. The van der Waals surface area contributed by atoms with E-state index in [1.165, 1.54) is 12.1 Å². The number of fused-ring (bicyclic) bond motifs is 1. The lowest BCUT2D eigenvalue weighted by Gasteiger charge is -2.04. The predicted molar refractivity (Wildman–Crippen MR) is 94.1 cm³/mol. The van der Waals surface area contributed by atoms with Crippen LogP contribution < -0.4 is 5.32 Å². The van der Waals surface area contributed by atoms with Gasteiger partial charge in [0, 0.05) is 31.5 Å². The number of aromatic nitrogens is 2. The fourth-order valence-electron chi connectivity index (χ4n) is 2.60. The summed E-state index contributed by atoms with van der Waals surface area (Å²) in [5.41, 5.74) is 3.86. The number of benzene rings is 2. The van der Waals surface area contributed by atoms with Crippen LogP contribution in [0.1, 0.15) is 23.4 Å². The zero-order valence-electron chi connectivity index (χ0n) is 13.8. The molecule has 0 radical (unpaired) electrons. The number of aromatic amines is 1. The largest absolute Gasteiger partial charge is 0.352 e. The number of nitrogens with zero attached hydrogens (tertiary/aromatic N) is 2. The maximum absolute atomic E-state index is 12.0. The highest BCUT2D eigenvalue weighted by Gasteiger charge is 2.08. The van der Waals surface area contributed by atoms with Crippen LogP contribution in [0.15, 0.2) is 42.5 Å². The third-order valence-corrected chi connectivity index (χ3v) is 3.99. The molecule has 2 N–H and O–H groups in total. The van der Waals surface area contributed by atoms with E-state index in [4.69, 9.17) is 0 Å². The molecule has 0 unspecified atom stereocenters. The number of amides is 1. The summed E-state index contributed by atoms with van der Waals surface area (Å²) in [5.74, 6) is 0.699. The molecule has 7 heteroatoms. The van der Waals surface area contributed by atoms with Gasteiger partial charge in [0.25, 0.3) is 5.69 Å². The van der Waals surface area contributed by atoms with E-state index in [-0.39, 0.29) is 11.6 Å². The molecule has 2 aromatic carbocycles. The number of para-hydroxylation sites is 1. The molecule has 0 fully saturated rings. The number of aryl methyl sites for hydroxylation is 2. The number of nitro benzene ring substituents is 1. The van der Waals surface area contributed by atoms with Crippen LogP contribution >= 0.6 is 0 Å². The molecule has 7 nitrogen and oxygen atoms in total. The Balaban J connectivity index is 1.52. The Hall–Kier alpha value is -3.22. The lowest BCUT2D eigenvalue weighted by atomic mass is 10.2. The van der Waals surface area contributed by atoms with Gasteiger partial charge in [-0.2, -0.15) is 0 Å². The first-order valence-corrected chi connectivity index (χ1v) is 7.97. The van der Waals surface area contributed by atoms with Crippen LogP contribution in [0.2, 0.25) is 0 Å². The molecule has 0 aliphatic rings. The first kappa shape index (κ1) is 16.6. The highest BCUT2D eigenvalue weighted by atomic mass is 16.6. The summed E-state index contributed by atoms with van der Waals surface area (Å²) in [4.78, 5) is 29.9. The van der Waals surface area contributed by atoms with Gasteiger partial charge in [-0.25, -0.2) is 4.98 Å². The smallest absolute Gasteiger partial charge is 0.269 e. The number of H-pyrrole nitrogens is 1. The Bertz CT molecular complexity index is 916. The van der Waals surface area contributed by atoms with Gasteiger partial charge in [0.1, 0.15) is 5.82 Å². The van der Waals surface area contributed by atoms with Crippen LogP contribution in [0.4, 0.5) is 5.69 Å². The molecule has 0 spiro atoms. The van der Waals surface area contributed by atoms with Crippen molar-refractivity contribution < 1.29 is 9.72 Å². The molecule has 3 rings (SSSR count). The molecule has 1 aromatic heterocycles. The van der Waals surface area contributed by atoms with Gasteiger partial charge < -0.3 is 10.3 Å². The number of hydrogen-bond acceptors (Lipinski definition) is 4. The Morgan fingerprint density at radius 3 is 2.68 bits per heavy atom. The Morgan fingerprint density at radius 1 is 1.24 bits per heavy atom. The van der Waals surface area contributed by atoms with Gasteiger partial charge in [-0.05, 0) is 24.1 Å². The summed E-state index contributed by atoms with van der Waals surface area (Å²) in [5, 5.41) is 13.4. The number of imidazole rings is 1. The first-order chi connectivity index (χ1) is 12.0. The van der Waals surface area contributed by atoms with E-state index in [9.17, 15) is 14.9 Å². The normalized spacial score (nSPS) is 10.8. The van der Waals surface area contributed by atoms with Crippen molar-refractivity contribution in [2.45, 2.75) is 26.3 Å². The monoisotopic (exact) mass is 338 g/mol. The maximum atomic E-state index is 12.0. The van der Waals surface area contributed by atoms with Gasteiger partial charge >= 0.3 is 0 Å². The molecule has 0 aliphatic carbocycles. The number of non-ortho nitro benzene ring substituents is 1. The maximum Gasteiger partial charge on any atom is 0.269 e. The fraction of sp³-hybridized carbons (Fsp3) is 0.222. The highest BCUT2D eigenvalue weighted by Crippen LogP contribution is 2.16. The van der Waals surface area contributed by atoms with E-state index >= 15 is 0 Å². The van der Waals surface area contributed by atoms with Crippen LogP contribution in [0, 0.1) is 17.0 Å². The second-order valence-corrected chi connectivity index (χ2v) is 5.85. The van der Waals surface area contributed by atoms with Gasteiger partial charge in [-0.3, -0.25) is 14.9 Å². The summed E-state index contributed by atoms with van der Waals surface area (Å²) in [6, 6.07) is 12.1. The molecule has 1 amide bonds. The van der Waals surface area contributed by atoms with Crippen LogP contribution in [0.25, 0.3) is 11.0 Å². The molecule has 3 aromatic rings. The van der Waals surface area contributed by atoms with E-state index < -0.39 is 4.92 Å². The van der Waals surface area contributed by atoms with Crippen LogP contribution in [-0.4, -0.2) is 20.8 Å². The predicted octanol–water partition coefficient (Wildman–Crippen LogP) is 3.03. The number of hydrogen-bond donors (Lipinski definition) is 2. The lowest BCUT2D eigenvalue weighted by molar-refractivity contribution is -0.384. The second kappa shape index (κ2) is 7.12. The molecular weight excluding hydrogens is 320 g/mol. The van der Waals surface area contributed by atoms with Crippen molar-refractivity contribution in [1.29, 1.82) is 0 Å². The summed E-state index contributed by atoms with van der Waals surface area (Å²) < 4.78 is 0. The molecule has 0 atom stereocenters. The van der Waals surface area contributed by atoms with Gasteiger partial charge in [0.05, 0.1) is 16.0 Å². The molecule has 128 valence electrons. The van der Waals surface area contributed by atoms with Gasteiger partial charge in [0.2, 0.25) is 5.91 Å². The molecule has 0 bridgehead atoms. The van der Waals surface area contributed by atoms with Crippen molar-refractivity contribution in [3.63, 3.8) is 0 Å². The van der Waals surface area contributed by atoms with Gasteiger partial charge in [-0.1, -0.05) is 24.3 Å². The van der Waals surface area contributed by atoms with Crippen molar-refractivity contribution in [3.8, 4) is 0 Å². The van der Waals surface area contributed by atoms with E-state index in [2.05, 4.69) is 15.3 Å². The average Bonchev–Trinajstić information content (AvgIpc) is 3.03. The minimum absolute atomic E-state index is 0.0373. The van der Waals surface area contributed by atoms with Crippen molar-refractivity contribution in [2.75, 3.05) is 0 Å². The SMILES string of the molecule is Cc1cccc2[nH]c(CCC(=O)NCc3ccc([N+](=O)[O-])cc3)nc12. The quantitative estimate of drug-likeness (QED) is 0.533. The first-order valence-electron chi connectivity index (χ1n) is 7.97. The standard InChI is InChI=1S/C18H18N4O3/c1-12-3-2-4-15-18(12)21-16(20-15)9-10-17(23)19-11-13-5-7-14(8-6-13)22(24)25/h2-8H,9-11H2,1H3,(H,19,23)(H,20,21). The third kappa shape index (κ3) is 4.00. The minimum Gasteiger partial charge on any atom is -0.352 e. The Kier molecular flexibility index (Phi) is 4.74. The number of rotatable bonds is 6. The van der Waals surface area contributed by atoms with Crippen molar-refractivity contribution in [1.82, 2.24) is 15.3 Å². The summed E-state index contributed by atoms with van der Waals surface area (Å²) in [6.45, 7) is 2.35. The van der Waals surface area contributed by atoms with Gasteiger partial charge in [0.15, 0.2) is 0 Å². The summed E-state index contributed by atoms with van der Waals surface area (Å²) >= 11 is 0. The number of carbonyl (C=O) groups excluding carboxylic acids is 1. The van der Waals surface area contributed by atoms with Crippen molar-refractivity contribution >= 4 is 22.6 Å². The van der Waals surface area contributed by atoms with Crippen molar-refractivity contribution in [2.24, 2.45) is 0 Å². The van der Waals surface area contributed by atoms with E-state index in [0.29, 0.717) is 19.4 Å². The molecule has 25 heavy (non-hydrogen) atoms. The van der Waals surface area contributed by atoms with E-state index in [0.717, 1.165) is 28.0 Å². The van der Waals surface area contributed by atoms with E-state index in [1.54, 1.807) is 12.1 Å². The summed E-state index contributed by atoms with van der Waals surface area (Å²) in [7, 11) is 0. The van der Waals surface area contributed by atoms with E-state index in [1.807, 2.05) is 25.1 Å². The molecule has 0 saturated heterocycles. The highest BCUT2D eigenvalue weighted by molar-refractivity contribution is 5.79. The van der Waals surface area contributed by atoms with Crippen LogP contribution in [-0.2, 0) is 17.8 Å². The zero-order chi connectivity index (χ0) is 17.8. The number of nitro groups is 1. The van der Waals surface area contributed by atoms with Crippen LogP contribution in [0.3, 0.4) is 0 Å². The third-order valence-electron chi connectivity index (χ3n) is 3.99. The fourth-order valence-corrected chi connectivity index (χ4v) is 2.60. The van der Waals surface area contributed by atoms with Crippen LogP contribution in [0.5, 0.6) is 0 Å². The van der Waals surface area contributed by atoms with Crippen molar-refractivity contribution in [3.05, 3.63) is 69.5 Å². The second-order valence-electron chi connectivity index (χ2n) is 5.85. The molecular formula is C18H18N4O3. The van der Waals surface area contributed by atoms with Gasteiger partial charge in [-0.15, -0.1) is 0 Å². The topological polar surface area (TPSA) is 101 Å². The Labute approximate surface area is 144 Å². The molecule has 1 heterocycles. The molecule has 0 saturated carbocycles. The average molecular weight is 338 g/mol. The lowest BCUT2D eigenvalue weighted by Crippen LogP contribution is -2.23. The minimum atomic E-state index is -0.447. The summed E-state index contributed by atoms with van der Waals surface area (Å²) in [6.07, 6.45) is 0.853. The Morgan fingerprint density at radius 2 is 2.00 bits per heavy atom. The number of carbonyl (C=O) groups is 1.